The lowest BCUT2D eigenvalue weighted by molar-refractivity contribution is 0.474. The standard InChI is InChI=1S/C13H12O2S/c1-16(12-6-2-10(14)3-7-12)13-8-4-11(15)5-9-13/h2-9,14-15H,1H2. The molecule has 0 atom stereocenters. The van der Waals surface area contributed by atoms with Crippen LogP contribution < -0.4 is 0 Å². The van der Waals surface area contributed by atoms with Crippen molar-refractivity contribution in [1.29, 1.82) is 0 Å². The van der Waals surface area contributed by atoms with E-state index >= 15 is 0 Å². The third kappa shape index (κ3) is 2.25. The van der Waals surface area contributed by atoms with E-state index in [4.69, 9.17) is 0 Å². The van der Waals surface area contributed by atoms with Gasteiger partial charge in [0.1, 0.15) is 11.5 Å². The van der Waals surface area contributed by atoms with Crippen LogP contribution in [0, 0.1) is 0 Å². The summed E-state index contributed by atoms with van der Waals surface area (Å²) in [7, 11) is -0.286. The topological polar surface area (TPSA) is 40.5 Å². The zero-order valence-electron chi connectivity index (χ0n) is 8.63. The molecule has 0 aromatic heterocycles. The van der Waals surface area contributed by atoms with E-state index in [-0.39, 0.29) is 22.0 Å². The molecule has 0 unspecified atom stereocenters. The van der Waals surface area contributed by atoms with Crippen LogP contribution >= 0.6 is 10.5 Å². The molecule has 0 amide bonds. The summed E-state index contributed by atoms with van der Waals surface area (Å²) < 4.78 is 0. The first-order chi connectivity index (χ1) is 7.66. The molecule has 0 radical (unpaired) electrons. The average molecular weight is 232 g/mol. The molecule has 0 saturated carbocycles. The lowest BCUT2D eigenvalue weighted by Gasteiger charge is -2.08. The highest BCUT2D eigenvalue weighted by Crippen LogP contribution is 2.35. The van der Waals surface area contributed by atoms with E-state index in [2.05, 4.69) is 5.87 Å². The SMILES string of the molecule is C=S(c1ccc(O)cc1)c1ccc(O)cc1. The van der Waals surface area contributed by atoms with Crippen molar-refractivity contribution in [2.24, 2.45) is 0 Å². The molecule has 0 spiro atoms. The first kappa shape index (κ1) is 10.8. The molecule has 0 saturated heterocycles. The third-order valence-corrected chi connectivity index (χ3v) is 3.92. The molecule has 3 heteroatoms. The monoisotopic (exact) mass is 232 g/mol. The van der Waals surface area contributed by atoms with Crippen LogP contribution in [0.4, 0.5) is 0 Å². The zero-order valence-corrected chi connectivity index (χ0v) is 9.45. The van der Waals surface area contributed by atoms with Crippen LogP contribution in [0.1, 0.15) is 0 Å². The van der Waals surface area contributed by atoms with E-state index in [0.29, 0.717) is 0 Å². The summed E-state index contributed by atoms with van der Waals surface area (Å²) >= 11 is 0. The lowest BCUT2D eigenvalue weighted by atomic mass is 10.3. The molecule has 82 valence electrons. The van der Waals surface area contributed by atoms with Crippen molar-refractivity contribution in [3.63, 3.8) is 0 Å². The molecule has 2 aromatic rings. The third-order valence-electron chi connectivity index (χ3n) is 2.24. The minimum Gasteiger partial charge on any atom is -0.508 e. The van der Waals surface area contributed by atoms with Gasteiger partial charge in [-0.15, -0.1) is 10.5 Å². The van der Waals surface area contributed by atoms with Crippen LogP contribution in [0.5, 0.6) is 11.5 Å². The van der Waals surface area contributed by atoms with E-state index in [9.17, 15) is 10.2 Å². The van der Waals surface area contributed by atoms with Gasteiger partial charge in [-0.05, 0) is 48.5 Å². The first-order valence-electron chi connectivity index (χ1n) is 4.79. The van der Waals surface area contributed by atoms with Crippen LogP contribution in [0.25, 0.3) is 0 Å². The normalized spacial score (nSPS) is 10.6. The summed E-state index contributed by atoms with van der Waals surface area (Å²) in [6.45, 7) is 0. The van der Waals surface area contributed by atoms with Gasteiger partial charge in [0.25, 0.3) is 0 Å². The van der Waals surface area contributed by atoms with Crippen LogP contribution in [0.2, 0.25) is 0 Å². The molecule has 16 heavy (non-hydrogen) atoms. The van der Waals surface area contributed by atoms with Gasteiger partial charge in [-0.3, -0.25) is 0 Å². The maximum Gasteiger partial charge on any atom is 0.115 e. The Bertz CT molecular complexity index is 453. The molecule has 0 aliphatic rings. The summed E-state index contributed by atoms with van der Waals surface area (Å²) in [5, 5.41) is 18.4. The molecule has 2 N–H and O–H groups in total. The highest BCUT2D eigenvalue weighted by atomic mass is 32.2. The Labute approximate surface area is 96.7 Å². The van der Waals surface area contributed by atoms with E-state index in [1.807, 2.05) is 24.3 Å². The first-order valence-corrected chi connectivity index (χ1v) is 6.18. The second-order valence-corrected chi connectivity index (χ2v) is 5.10. The maximum atomic E-state index is 9.20. The number of hydrogen-bond donors (Lipinski definition) is 2. The Morgan fingerprint density at radius 2 is 1.00 bits per heavy atom. The average Bonchev–Trinajstić information content (AvgIpc) is 2.30. The predicted molar refractivity (Wildman–Crippen MR) is 67.5 cm³/mol. The second-order valence-electron chi connectivity index (χ2n) is 3.38. The smallest absolute Gasteiger partial charge is 0.115 e. The largest absolute Gasteiger partial charge is 0.508 e. The molecule has 0 fully saturated rings. The molecule has 2 nitrogen and oxygen atoms in total. The molecular weight excluding hydrogens is 220 g/mol. The molecule has 0 aliphatic carbocycles. The number of hydrogen-bond acceptors (Lipinski definition) is 2. The molecule has 0 heterocycles. The summed E-state index contributed by atoms with van der Waals surface area (Å²) in [6.07, 6.45) is 0. The Morgan fingerprint density at radius 3 is 1.31 bits per heavy atom. The van der Waals surface area contributed by atoms with E-state index in [1.165, 1.54) is 0 Å². The Kier molecular flexibility index (Phi) is 2.97. The predicted octanol–water partition coefficient (Wildman–Crippen LogP) is 3.22. The van der Waals surface area contributed by atoms with Crippen LogP contribution in [-0.4, -0.2) is 16.1 Å². The molecule has 0 aliphatic heterocycles. The summed E-state index contributed by atoms with van der Waals surface area (Å²) in [5.74, 6) is 4.61. The summed E-state index contributed by atoms with van der Waals surface area (Å²) in [5.41, 5.74) is 0. The van der Waals surface area contributed by atoms with Gasteiger partial charge in [-0.25, -0.2) is 0 Å². The maximum absolute atomic E-state index is 9.20. The van der Waals surface area contributed by atoms with Crippen molar-refractivity contribution < 1.29 is 10.2 Å². The molecule has 2 aromatic carbocycles. The van der Waals surface area contributed by atoms with Crippen molar-refractivity contribution >= 4 is 16.4 Å². The molecule has 2 rings (SSSR count). The van der Waals surface area contributed by atoms with Gasteiger partial charge in [-0.2, -0.15) is 0 Å². The number of phenols is 2. The van der Waals surface area contributed by atoms with Crippen molar-refractivity contribution in [3.05, 3.63) is 48.5 Å². The quantitative estimate of drug-likeness (QED) is 0.780. The Hall–Kier alpha value is -1.74. The summed E-state index contributed by atoms with van der Waals surface area (Å²) in [6, 6.07) is 14.1. The lowest BCUT2D eigenvalue weighted by Crippen LogP contribution is -1.77. The number of phenolic OH excluding ortho intramolecular Hbond substituents is 2. The van der Waals surface area contributed by atoms with Crippen molar-refractivity contribution in [1.82, 2.24) is 0 Å². The minimum absolute atomic E-state index is 0.256. The zero-order chi connectivity index (χ0) is 11.5. The van der Waals surface area contributed by atoms with Crippen molar-refractivity contribution in [3.8, 4) is 11.5 Å². The van der Waals surface area contributed by atoms with Gasteiger partial charge in [0, 0.05) is 9.79 Å². The Balaban J connectivity index is 2.32. The highest BCUT2D eigenvalue weighted by Gasteiger charge is 2.00. The van der Waals surface area contributed by atoms with Gasteiger partial charge in [0.2, 0.25) is 0 Å². The fourth-order valence-electron chi connectivity index (χ4n) is 1.36. The van der Waals surface area contributed by atoms with E-state index in [1.54, 1.807) is 24.3 Å². The van der Waals surface area contributed by atoms with Crippen molar-refractivity contribution in [2.75, 3.05) is 0 Å². The highest BCUT2D eigenvalue weighted by molar-refractivity contribution is 8.14. The summed E-state index contributed by atoms with van der Waals surface area (Å²) in [4.78, 5) is 2.12. The van der Waals surface area contributed by atoms with Gasteiger partial charge in [-0.1, -0.05) is 5.87 Å². The number of aromatic hydroxyl groups is 2. The molecular formula is C13H12O2S. The molecule has 0 bridgehead atoms. The van der Waals surface area contributed by atoms with Gasteiger partial charge in [0.05, 0.1) is 0 Å². The van der Waals surface area contributed by atoms with E-state index < -0.39 is 0 Å². The van der Waals surface area contributed by atoms with E-state index in [0.717, 1.165) is 9.79 Å². The van der Waals surface area contributed by atoms with Crippen molar-refractivity contribution in [2.45, 2.75) is 9.79 Å². The van der Waals surface area contributed by atoms with Crippen LogP contribution in [0.15, 0.2) is 58.3 Å². The minimum atomic E-state index is -0.286. The fraction of sp³-hybridized carbons (Fsp3) is 0. The van der Waals surface area contributed by atoms with Gasteiger partial charge >= 0.3 is 0 Å². The fourth-order valence-corrected chi connectivity index (χ4v) is 2.56. The Morgan fingerprint density at radius 1 is 0.688 bits per heavy atom. The number of benzene rings is 2. The van der Waals surface area contributed by atoms with Crippen LogP contribution in [0.3, 0.4) is 0 Å². The second kappa shape index (κ2) is 4.41. The van der Waals surface area contributed by atoms with Gasteiger partial charge < -0.3 is 10.2 Å². The van der Waals surface area contributed by atoms with Gasteiger partial charge in [0.15, 0.2) is 0 Å². The number of rotatable bonds is 2. The van der Waals surface area contributed by atoms with Crippen LogP contribution in [-0.2, 0) is 0 Å².